The molecule has 0 saturated heterocycles. The normalized spacial score (nSPS) is 12.1. The van der Waals surface area contributed by atoms with Crippen LogP contribution in [-0.2, 0) is 4.79 Å². The quantitative estimate of drug-likeness (QED) is 0.193. The fourth-order valence-electron chi connectivity index (χ4n) is 4.16. The number of hydrogen-bond donors (Lipinski definition) is 0. The number of nitrogens with zero attached hydrogens (tertiary/aromatic N) is 1. The van der Waals surface area contributed by atoms with Crippen LogP contribution in [0.3, 0.4) is 0 Å². The molecule has 0 fully saturated rings. The van der Waals surface area contributed by atoms with Crippen LogP contribution in [0.2, 0.25) is 0 Å². The van der Waals surface area contributed by atoms with E-state index in [1.54, 1.807) is 0 Å². The van der Waals surface area contributed by atoms with Crippen LogP contribution >= 0.6 is 0 Å². The van der Waals surface area contributed by atoms with E-state index in [4.69, 9.17) is 0 Å². The molecular formula is C25H50KNO2. The van der Waals surface area contributed by atoms with Crippen molar-refractivity contribution in [3.05, 3.63) is 0 Å². The molecule has 0 aliphatic carbocycles. The molecule has 0 spiro atoms. The molecule has 0 aromatic carbocycles. The van der Waals surface area contributed by atoms with Crippen molar-refractivity contribution < 1.29 is 61.3 Å². The minimum absolute atomic E-state index is 0. The molecule has 0 rings (SSSR count). The van der Waals surface area contributed by atoms with Gasteiger partial charge in [0.15, 0.2) is 0 Å². The van der Waals surface area contributed by atoms with E-state index in [-0.39, 0.29) is 57.8 Å². The molecule has 0 N–H and O–H groups in total. The molecule has 29 heavy (non-hydrogen) atoms. The Morgan fingerprint density at radius 1 is 0.655 bits per heavy atom. The van der Waals surface area contributed by atoms with Gasteiger partial charge in [-0.3, -0.25) is 0 Å². The van der Waals surface area contributed by atoms with Gasteiger partial charge in [-0.05, 0) is 51.6 Å². The maximum atomic E-state index is 10.7. The Morgan fingerprint density at radius 2 is 1.14 bits per heavy atom. The smallest absolute Gasteiger partial charge is 0.550 e. The summed E-state index contributed by atoms with van der Waals surface area (Å²) in [5.74, 6) is -0.900. The Bertz CT molecular complexity index is 323. The average Bonchev–Trinajstić information content (AvgIpc) is 2.68. The van der Waals surface area contributed by atoms with Crippen molar-refractivity contribution >= 4 is 5.97 Å². The monoisotopic (exact) mass is 435 g/mol. The van der Waals surface area contributed by atoms with E-state index in [0.717, 1.165) is 19.3 Å². The third-order valence-electron chi connectivity index (χ3n) is 5.90. The van der Waals surface area contributed by atoms with Crippen molar-refractivity contribution in [3.8, 4) is 0 Å². The summed E-state index contributed by atoms with van der Waals surface area (Å²) >= 11 is 0. The Kier molecular flexibility index (Phi) is 28.2. The van der Waals surface area contributed by atoms with Gasteiger partial charge in [-0.1, -0.05) is 97.8 Å². The molecule has 1 unspecified atom stereocenters. The van der Waals surface area contributed by atoms with Gasteiger partial charge in [0.25, 0.3) is 0 Å². The summed E-state index contributed by atoms with van der Waals surface area (Å²) < 4.78 is 0. The Hall–Kier alpha value is 1.07. The molecule has 4 heteroatoms. The van der Waals surface area contributed by atoms with Gasteiger partial charge in [0, 0.05) is 12.0 Å². The zero-order chi connectivity index (χ0) is 20.9. The van der Waals surface area contributed by atoms with E-state index < -0.39 is 5.97 Å². The number of carbonyl (C=O) groups excluding carboxylic acids is 1. The molecule has 0 radical (unpaired) electrons. The van der Waals surface area contributed by atoms with E-state index in [1.807, 2.05) is 0 Å². The molecule has 0 heterocycles. The van der Waals surface area contributed by atoms with Crippen molar-refractivity contribution in [2.45, 2.75) is 142 Å². The predicted octanol–water partition coefficient (Wildman–Crippen LogP) is 3.49. The summed E-state index contributed by atoms with van der Waals surface area (Å²) in [5, 5.41) is 10.7. The largest absolute Gasteiger partial charge is 1.00 e. The molecule has 0 aromatic heterocycles. The third kappa shape index (κ3) is 22.1. The maximum Gasteiger partial charge on any atom is 1.00 e. The van der Waals surface area contributed by atoms with E-state index in [9.17, 15) is 9.90 Å². The van der Waals surface area contributed by atoms with E-state index >= 15 is 0 Å². The second-order valence-corrected chi connectivity index (χ2v) is 8.63. The zero-order valence-electron chi connectivity index (χ0n) is 20.5. The van der Waals surface area contributed by atoms with Crippen LogP contribution in [-0.4, -0.2) is 30.0 Å². The maximum absolute atomic E-state index is 10.7. The molecule has 168 valence electrons. The predicted molar refractivity (Wildman–Crippen MR) is 120 cm³/mol. The summed E-state index contributed by atoms with van der Waals surface area (Å²) in [5.41, 5.74) is 0. The zero-order valence-corrected chi connectivity index (χ0v) is 23.6. The first-order chi connectivity index (χ1) is 13.7. The second kappa shape index (κ2) is 25.3. The van der Waals surface area contributed by atoms with Crippen LogP contribution in [0.4, 0.5) is 0 Å². The van der Waals surface area contributed by atoms with E-state index in [1.165, 1.54) is 103 Å². The fourth-order valence-corrected chi connectivity index (χ4v) is 4.16. The van der Waals surface area contributed by atoms with Gasteiger partial charge < -0.3 is 14.8 Å². The van der Waals surface area contributed by atoms with Gasteiger partial charge in [0.2, 0.25) is 0 Å². The number of rotatable bonds is 22. The molecule has 0 aliphatic rings. The van der Waals surface area contributed by atoms with Crippen LogP contribution < -0.4 is 56.5 Å². The van der Waals surface area contributed by atoms with Crippen molar-refractivity contribution in [2.75, 3.05) is 13.1 Å². The van der Waals surface area contributed by atoms with Gasteiger partial charge in [0.05, 0.1) is 0 Å². The molecule has 0 saturated carbocycles. The molecule has 0 bridgehead atoms. The summed E-state index contributed by atoms with van der Waals surface area (Å²) in [7, 11) is 0. The first kappa shape index (κ1) is 32.2. The molecule has 3 nitrogen and oxygen atoms in total. The van der Waals surface area contributed by atoms with Crippen molar-refractivity contribution in [2.24, 2.45) is 0 Å². The Balaban J connectivity index is 0. The van der Waals surface area contributed by atoms with Gasteiger partial charge in [0.1, 0.15) is 0 Å². The van der Waals surface area contributed by atoms with Gasteiger partial charge in [-0.25, -0.2) is 0 Å². The van der Waals surface area contributed by atoms with Crippen LogP contribution in [0.15, 0.2) is 0 Å². The van der Waals surface area contributed by atoms with E-state index in [0.29, 0.717) is 6.04 Å². The minimum Gasteiger partial charge on any atom is -0.550 e. The van der Waals surface area contributed by atoms with Gasteiger partial charge in [-0.2, -0.15) is 0 Å². The standard InChI is InChI=1S/C25H51NO2.K/c1-4-7-9-11-13-17-22-26(23-18-14-12-10-8-5-2)24(19-6-3)20-15-16-21-25(27)28;/h24H,4-23H2,1-3H3,(H,27,28);/q;+1/p-1. The molecule has 0 aromatic rings. The van der Waals surface area contributed by atoms with Crippen LogP contribution in [0.25, 0.3) is 0 Å². The minimum atomic E-state index is -0.900. The number of unbranched alkanes of at least 4 members (excludes halogenated alkanes) is 11. The van der Waals surface area contributed by atoms with Crippen molar-refractivity contribution in [1.29, 1.82) is 0 Å². The van der Waals surface area contributed by atoms with Crippen LogP contribution in [0.1, 0.15) is 136 Å². The number of hydrogen-bond acceptors (Lipinski definition) is 3. The fraction of sp³-hybridized carbons (Fsp3) is 0.960. The third-order valence-corrected chi connectivity index (χ3v) is 5.90. The summed E-state index contributed by atoms with van der Waals surface area (Å²) in [6, 6.07) is 0.637. The number of carboxylic acids is 1. The molecule has 1 atom stereocenters. The molecule has 0 amide bonds. The average molecular weight is 436 g/mol. The van der Waals surface area contributed by atoms with Crippen LogP contribution in [0.5, 0.6) is 0 Å². The SMILES string of the molecule is CCCCCCCCN(CCCCCCCC)C(CCC)CCCCC(=O)[O-].[K+]. The first-order valence-corrected chi connectivity index (χ1v) is 12.6. The summed E-state index contributed by atoms with van der Waals surface area (Å²) in [6.45, 7) is 9.29. The second-order valence-electron chi connectivity index (χ2n) is 8.63. The van der Waals surface area contributed by atoms with Crippen molar-refractivity contribution in [1.82, 2.24) is 4.90 Å². The van der Waals surface area contributed by atoms with Gasteiger partial charge >= 0.3 is 51.4 Å². The number of aliphatic carboxylic acids is 1. The summed E-state index contributed by atoms with van der Waals surface area (Å²) in [6.07, 6.45) is 21.9. The van der Waals surface area contributed by atoms with Gasteiger partial charge in [-0.15, -0.1) is 0 Å². The Labute approximate surface area is 225 Å². The molecule has 0 aliphatic heterocycles. The summed E-state index contributed by atoms with van der Waals surface area (Å²) in [4.78, 5) is 13.4. The van der Waals surface area contributed by atoms with Crippen LogP contribution in [0, 0.1) is 0 Å². The number of carbonyl (C=O) groups is 1. The first-order valence-electron chi connectivity index (χ1n) is 12.6. The Morgan fingerprint density at radius 3 is 1.59 bits per heavy atom. The van der Waals surface area contributed by atoms with E-state index in [2.05, 4.69) is 25.7 Å². The van der Waals surface area contributed by atoms with Crippen molar-refractivity contribution in [3.63, 3.8) is 0 Å². The number of carboxylic acid groups (broad SMARTS) is 1. The topological polar surface area (TPSA) is 43.4 Å². The molecular weight excluding hydrogens is 385 g/mol.